The summed E-state index contributed by atoms with van der Waals surface area (Å²) < 4.78 is 29.8. The van der Waals surface area contributed by atoms with Crippen molar-refractivity contribution in [3.05, 3.63) is 29.6 Å². The van der Waals surface area contributed by atoms with Crippen molar-refractivity contribution in [3.8, 4) is 0 Å². The van der Waals surface area contributed by atoms with E-state index < -0.39 is 10.2 Å². The standard InChI is InChI=1S/C16H23N3O2S/c1-2-8-19-11-16(18-22(19,20)21)13-5-6-14(16)10-15-12(9-13)4-3-7-17-15/h3-4,7,13-14,18H,2,5-6,8-11H2,1H3/t13-,14+,16+/m0/s1. The zero-order valence-electron chi connectivity index (χ0n) is 13.0. The van der Waals surface area contributed by atoms with Crippen LogP contribution < -0.4 is 4.72 Å². The van der Waals surface area contributed by atoms with Gasteiger partial charge < -0.3 is 0 Å². The first-order valence-electron chi connectivity index (χ1n) is 8.27. The first-order chi connectivity index (χ1) is 10.5. The van der Waals surface area contributed by atoms with Gasteiger partial charge in [-0.05, 0) is 55.6 Å². The van der Waals surface area contributed by atoms with Crippen molar-refractivity contribution < 1.29 is 8.42 Å². The highest BCUT2D eigenvalue weighted by Crippen LogP contribution is 2.49. The number of pyridine rings is 1. The number of hydrogen-bond acceptors (Lipinski definition) is 3. The molecule has 1 spiro atoms. The lowest BCUT2D eigenvalue weighted by Gasteiger charge is -2.33. The highest BCUT2D eigenvalue weighted by atomic mass is 32.2. The largest absolute Gasteiger partial charge is 0.280 e. The van der Waals surface area contributed by atoms with Crippen LogP contribution in [0.1, 0.15) is 37.4 Å². The van der Waals surface area contributed by atoms with Crippen LogP contribution in [-0.4, -0.2) is 36.3 Å². The summed E-state index contributed by atoms with van der Waals surface area (Å²) in [7, 11) is -3.32. The minimum atomic E-state index is -3.32. The molecule has 2 bridgehead atoms. The zero-order chi connectivity index (χ0) is 15.4. The Kier molecular flexibility index (Phi) is 3.33. The molecule has 0 amide bonds. The average molecular weight is 321 g/mol. The maximum Gasteiger partial charge on any atom is 0.280 e. The molecule has 120 valence electrons. The van der Waals surface area contributed by atoms with Gasteiger partial charge in [0.15, 0.2) is 0 Å². The van der Waals surface area contributed by atoms with Gasteiger partial charge in [0.1, 0.15) is 0 Å². The minimum absolute atomic E-state index is 0.283. The van der Waals surface area contributed by atoms with Gasteiger partial charge in [-0.2, -0.15) is 17.4 Å². The van der Waals surface area contributed by atoms with Crippen LogP contribution in [0.4, 0.5) is 0 Å². The number of rotatable bonds is 2. The van der Waals surface area contributed by atoms with E-state index in [4.69, 9.17) is 0 Å². The number of aromatic nitrogens is 1. The van der Waals surface area contributed by atoms with E-state index in [2.05, 4.69) is 15.8 Å². The molecule has 2 aliphatic carbocycles. The lowest BCUT2D eigenvalue weighted by atomic mass is 9.80. The number of hydrogen-bond donors (Lipinski definition) is 1. The summed E-state index contributed by atoms with van der Waals surface area (Å²) in [4.78, 5) is 4.55. The Labute approximate surface area is 132 Å². The van der Waals surface area contributed by atoms with Crippen LogP contribution in [0.5, 0.6) is 0 Å². The topological polar surface area (TPSA) is 62.3 Å². The number of nitrogens with zero attached hydrogens (tertiary/aromatic N) is 2. The molecule has 0 aromatic carbocycles. The minimum Gasteiger partial charge on any atom is -0.261 e. The molecule has 1 aromatic heterocycles. The first kappa shape index (κ1) is 14.6. The van der Waals surface area contributed by atoms with Crippen molar-refractivity contribution in [1.29, 1.82) is 0 Å². The van der Waals surface area contributed by atoms with E-state index in [1.807, 2.05) is 19.2 Å². The van der Waals surface area contributed by atoms with Crippen LogP contribution in [0.25, 0.3) is 0 Å². The molecule has 1 aliphatic heterocycles. The Morgan fingerprint density at radius 2 is 2.14 bits per heavy atom. The van der Waals surface area contributed by atoms with E-state index in [-0.39, 0.29) is 5.54 Å². The third-order valence-electron chi connectivity index (χ3n) is 5.78. The maximum absolute atomic E-state index is 12.5. The summed E-state index contributed by atoms with van der Waals surface area (Å²) in [6.07, 6.45) is 6.77. The smallest absolute Gasteiger partial charge is 0.261 e. The van der Waals surface area contributed by atoms with E-state index in [1.54, 1.807) is 4.31 Å². The fourth-order valence-corrected chi connectivity index (χ4v) is 6.56. The van der Waals surface area contributed by atoms with Gasteiger partial charge in [-0.1, -0.05) is 13.0 Å². The quantitative estimate of drug-likeness (QED) is 0.898. The summed E-state index contributed by atoms with van der Waals surface area (Å²) in [6.45, 7) is 3.27. The fourth-order valence-electron chi connectivity index (χ4n) is 4.75. The summed E-state index contributed by atoms with van der Waals surface area (Å²) in [5.41, 5.74) is 2.19. The Morgan fingerprint density at radius 1 is 1.36 bits per heavy atom. The van der Waals surface area contributed by atoms with E-state index in [0.717, 1.165) is 32.1 Å². The lowest BCUT2D eigenvalue weighted by molar-refractivity contribution is 0.212. The molecule has 6 heteroatoms. The molecule has 2 heterocycles. The predicted molar refractivity (Wildman–Crippen MR) is 84.5 cm³/mol. The number of nitrogens with one attached hydrogen (secondary N) is 1. The van der Waals surface area contributed by atoms with Gasteiger partial charge in [-0.3, -0.25) is 4.98 Å². The summed E-state index contributed by atoms with van der Waals surface area (Å²) in [5, 5.41) is 0. The zero-order valence-corrected chi connectivity index (χ0v) is 13.8. The maximum atomic E-state index is 12.5. The van der Waals surface area contributed by atoms with Gasteiger partial charge in [-0.15, -0.1) is 0 Å². The molecular weight excluding hydrogens is 298 g/mol. The molecule has 1 saturated carbocycles. The highest BCUT2D eigenvalue weighted by molar-refractivity contribution is 7.87. The second-order valence-corrected chi connectivity index (χ2v) is 8.64. The van der Waals surface area contributed by atoms with E-state index >= 15 is 0 Å². The van der Waals surface area contributed by atoms with Crippen LogP contribution >= 0.6 is 0 Å². The van der Waals surface area contributed by atoms with Crippen molar-refractivity contribution in [2.24, 2.45) is 11.8 Å². The van der Waals surface area contributed by atoms with Crippen LogP contribution in [0.15, 0.2) is 18.3 Å². The molecule has 4 rings (SSSR count). The Bertz CT molecular complexity index is 655. The van der Waals surface area contributed by atoms with Gasteiger partial charge in [-0.25, -0.2) is 0 Å². The molecule has 1 N–H and O–H groups in total. The highest BCUT2D eigenvalue weighted by Gasteiger charge is 2.59. The predicted octanol–water partition coefficient (Wildman–Crippen LogP) is 1.51. The molecule has 1 aromatic rings. The molecule has 3 atom stereocenters. The molecule has 3 aliphatic rings. The molecule has 22 heavy (non-hydrogen) atoms. The molecule has 0 radical (unpaired) electrons. The van der Waals surface area contributed by atoms with Crippen molar-refractivity contribution >= 4 is 10.2 Å². The van der Waals surface area contributed by atoms with E-state index in [0.29, 0.717) is 24.9 Å². The van der Waals surface area contributed by atoms with Gasteiger partial charge >= 0.3 is 0 Å². The van der Waals surface area contributed by atoms with Crippen LogP contribution in [-0.2, 0) is 23.1 Å². The molecule has 2 fully saturated rings. The van der Waals surface area contributed by atoms with Gasteiger partial charge in [0.2, 0.25) is 0 Å². The van der Waals surface area contributed by atoms with Crippen LogP contribution in [0.3, 0.4) is 0 Å². The van der Waals surface area contributed by atoms with E-state index in [9.17, 15) is 8.42 Å². The normalized spacial score (nSPS) is 36.4. The van der Waals surface area contributed by atoms with Crippen LogP contribution in [0, 0.1) is 11.8 Å². The molecule has 1 saturated heterocycles. The SMILES string of the molecule is CCCN1C[C@]2(NS1(=O)=O)[C@@H]1CC[C@H]2Cc2cccnc2C1. The third-order valence-corrected chi connectivity index (χ3v) is 7.41. The van der Waals surface area contributed by atoms with Gasteiger partial charge in [0, 0.05) is 25.0 Å². The first-order valence-corrected chi connectivity index (χ1v) is 9.71. The van der Waals surface area contributed by atoms with Crippen molar-refractivity contribution in [2.45, 2.75) is 44.6 Å². The van der Waals surface area contributed by atoms with Crippen LogP contribution in [0.2, 0.25) is 0 Å². The third kappa shape index (κ3) is 2.04. The second kappa shape index (κ2) is 5.01. The second-order valence-electron chi connectivity index (χ2n) is 6.97. The monoisotopic (exact) mass is 321 g/mol. The fraction of sp³-hybridized carbons (Fsp3) is 0.688. The Hall–Kier alpha value is -0.980. The average Bonchev–Trinajstić information content (AvgIpc) is 2.85. The summed E-state index contributed by atoms with van der Waals surface area (Å²) in [6, 6.07) is 4.15. The Morgan fingerprint density at radius 3 is 2.91 bits per heavy atom. The number of fused-ring (bicyclic) bond motifs is 1. The summed E-state index contributed by atoms with van der Waals surface area (Å²) >= 11 is 0. The summed E-state index contributed by atoms with van der Waals surface area (Å²) in [5.74, 6) is 0.755. The molecule has 5 nitrogen and oxygen atoms in total. The van der Waals surface area contributed by atoms with Crippen molar-refractivity contribution in [3.63, 3.8) is 0 Å². The molecule has 0 unspecified atom stereocenters. The van der Waals surface area contributed by atoms with Crippen molar-refractivity contribution in [1.82, 2.24) is 14.0 Å². The lowest BCUT2D eigenvalue weighted by Crippen LogP contribution is -2.52. The van der Waals surface area contributed by atoms with Gasteiger partial charge in [0.25, 0.3) is 10.2 Å². The van der Waals surface area contributed by atoms with E-state index in [1.165, 1.54) is 11.3 Å². The van der Waals surface area contributed by atoms with Gasteiger partial charge in [0.05, 0.1) is 5.54 Å². The van der Waals surface area contributed by atoms with Crippen molar-refractivity contribution in [2.75, 3.05) is 13.1 Å². The Balaban J connectivity index is 1.73. The molecular formula is C16H23N3O2S.